The second kappa shape index (κ2) is 5.22. The molecule has 0 atom stereocenters. The average molecular weight is 277 g/mol. The first-order valence-corrected chi connectivity index (χ1v) is 4.81. The normalized spacial score (nSPS) is 11.6. The number of alkyl halides is 2. The van der Waals surface area contributed by atoms with Crippen LogP contribution in [0, 0.1) is 21.8 Å². The lowest BCUT2D eigenvalue weighted by Gasteiger charge is -2.21. The lowest BCUT2D eigenvalue weighted by molar-refractivity contribution is -0.387. The minimum atomic E-state index is -3.99. The van der Waals surface area contributed by atoms with Gasteiger partial charge < -0.3 is 10.8 Å². The number of nitrogens with two attached hydrogens (primary N) is 1. The van der Waals surface area contributed by atoms with Crippen molar-refractivity contribution >= 4 is 11.6 Å². The van der Waals surface area contributed by atoms with E-state index in [9.17, 15) is 28.1 Å². The first-order chi connectivity index (χ1) is 8.70. The van der Waals surface area contributed by atoms with Crippen molar-refractivity contribution in [3.8, 4) is 0 Å². The standard InChI is InChI=1S/C10H8F3N2O4/c11-6-2-1-5(3-7(6)15(18)19)8(9(14)17)10(12,13)4-16/h1-3,16H,4H2,(H2,14,17). The molecule has 0 aromatic heterocycles. The van der Waals surface area contributed by atoms with E-state index in [1.165, 1.54) is 0 Å². The maximum Gasteiger partial charge on any atom is 0.305 e. The van der Waals surface area contributed by atoms with Crippen molar-refractivity contribution in [2.75, 3.05) is 6.61 Å². The first kappa shape index (κ1) is 14.9. The van der Waals surface area contributed by atoms with Gasteiger partial charge in [0.25, 0.3) is 5.92 Å². The van der Waals surface area contributed by atoms with E-state index in [0.29, 0.717) is 12.1 Å². The highest BCUT2D eigenvalue weighted by molar-refractivity contribution is 5.94. The molecule has 1 aromatic rings. The summed E-state index contributed by atoms with van der Waals surface area (Å²) >= 11 is 0. The monoisotopic (exact) mass is 277 g/mol. The van der Waals surface area contributed by atoms with Crippen LogP contribution in [0.3, 0.4) is 0 Å². The summed E-state index contributed by atoms with van der Waals surface area (Å²) in [5, 5.41) is 19.0. The molecule has 1 rings (SSSR count). The van der Waals surface area contributed by atoms with Crippen LogP contribution in [-0.2, 0) is 4.79 Å². The predicted molar refractivity (Wildman–Crippen MR) is 56.6 cm³/mol. The molecule has 0 bridgehead atoms. The molecule has 0 aliphatic rings. The molecule has 0 heterocycles. The van der Waals surface area contributed by atoms with E-state index in [4.69, 9.17) is 10.8 Å². The Labute approximate surface area is 104 Å². The molecule has 9 heteroatoms. The van der Waals surface area contributed by atoms with E-state index in [0.717, 1.165) is 6.07 Å². The number of hydrogen-bond acceptors (Lipinski definition) is 4. The number of primary amides is 1. The minimum absolute atomic E-state index is 0.457. The number of carbonyl (C=O) groups excluding carboxylic acids is 1. The van der Waals surface area contributed by atoms with Gasteiger partial charge in [-0.3, -0.25) is 14.9 Å². The number of nitro groups is 1. The number of nitro benzene ring substituents is 1. The van der Waals surface area contributed by atoms with Crippen molar-refractivity contribution in [2.45, 2.75) is 5.92 Å². The van der Waals surface area contributed by atoms with Crippen LogP contribution in [0.2, 0.25) is 0 Å². The Morgan fingerprint density at radius 2 is 2.05 bits per heavy atom. The second-order valence-electron chi connectivity index (χ2n) is 3.53. The minimum Gasteiger partial charge on any atom is -0.390 e. The van der Waals surface area contributed by atoms with Crippen molar-refractivity contribution in [2.24, 2.45) is 5.73 Å². The summed E-state index contributed by atoms with van der Waals surface area (Å²) in [6, 6.07) is 1.76. The van der Waals surface area contributed by atoms with E-state index in [1.54, 1.807) is 0 Å². The zero-order valence-electron chi connectivity index (χ0n) is 9.27. The fraction of sp³-hybridized carbons (Fsp3) is 0.200. The number of benzene rings is 1. The summed E-state index contributed by atoms with van der Waals surface area (Å²) in [6.07, 6.45) is 0. The molecule has 0 fully saturated rings. The predicted octanol–water partition coefficient (Wildman–Crippen LogP) is 0.769. The average Bonchev–Trinajstić information content (AvgIpc) is 2.30. The number of aliphatic hydroxyl groups is 1. The molecular formula is C10H8F3N2O4. The highest BCUT2D eigenvalue weighted by atomic mass is 19.3. The van der Waals surface area contributed by atoms with Crippen molar-refractivity contribution in [3.63, 3.8) is 0 Å². The molecule has 103 valence electrons. The molecule has 1 aromatic carbocycles. The third-order valence-electron chi connectivity index (χ3n) is 2.24. The molecule has 0 saturated carbocycles. The van der Waals surface area contributed by atoms with E-state index in [-0.39, 0.29) is 0 Å². The van der Waals surface area contributed by atoms with Crippen molar-refractivity contribution in [1.29, 1.82) is 0 Å². The van der Waals surface area contributed by atoms with E-state index in [1.807, 2.05) is 0 Å². The smallest absolute Gasteiger partial charge is 0.305 e. The molecule has 0 aliphatic carbocycles. The van der Waals surface area contributed by atoms with Crippen molar-refractivity contribution < 1.29 is 28.0 Å². The second-order valence-corrected chi connectivity index (χ2v) is 3.53. The zero-order chi connectivity index (χ0) is 14.8. The number of amides is 1. The van der Waals surface area contributed by atoms with Gasteiger partial charge in [-0.15, -0.1) is 0 Å². The maximum absolute atomic E-state index is 13.3. The lowest BCUT2D eigenvalue weighted by Crippen LogP contribution is -2.40. The Hall–Kier alpha value is -2.16. The van der Waals surface area contributed by atoms with Crippen LogP contribution in [0.5, 0.6) is 0 Å². The van der Waals surface area contributed by atoms with Crippen LogP contribution in [0.15, 0.2) is 18.2 Å². The van der Waals surface area contributed by atoms with Crippen molar-refractivity contribution in [3.05, 3.63) is 45.6 Å². The van der Waals surface area contributed by atoms with Crippen LogP contribution in [0.1, 0.15) is 5.56 Å². The van der Waals surface area contributed by atoms with E-state index in [2.05, 4.69) is 0 Å². The van der Waals surface area contributed by atoms with Crippen LogP contribution in [-0.4, -0.2) is 28.5 Å². The largest absolute Gasteiger partial charge is 0.390 e. The van der Waals surface area contributed by atoms with Gasteiger partial charge in [0.15, 0.2) is 5.92 Å². The lowest BCUT2D eigenvalue weighted by atomic mass is 9.91. The molecule has 0 spiro atoms. The number of halogens is 3. The summed E-state index contributed by atoms with van der Waals surface area (Å²) in [5.41, 5.74) is 3.06. The topological polar surface area (TPSA) is 106 Å². The van der Waals surface area contributed by atoms with Gasteiger partial charge in [-0.05, 0) is 11.6 Å². The van der Waals surface area contributed by atoms with Crippen molar-refractivity contribution in [1.82, 2.24) is 0 Å². The number of aliphatic hydroxyl groups excluding tert-OH is 1. The molecule has 3 N–H and O–H groups in total. The van der Waals surface area contributed by atoms with E-state index < -0.39 is 46.3 Å². The Balaban J connectivity index is 3.37. The SMILES string of the molecule is NC(=O)[C](c1ccc(F)c([N+](=O)[O-])c1)C(F)(F)CO. The van der Waals surface area contributed by atoms with Gasteiger partial charge in [0.1, 0.15) is 6.61 Å². The Kier molecular flexibility index (Phi) is 4.10. The molecule has 0 saturated heterocycles. The summed E-state index contributed by atoms with van der Waals surface area (Å²) in [5.74, 6) is -8.12. The van der Waals surface area contributed by atoms with Gasteiger partial charge in [0, 0.05) is 6.07 Å². The fourth-order valence-electron chi connectivity index (χ4n) is 1.42. The number of nitrogens with zero attached hydrogens (tertiary/aromatic N) is 1. The summed E-state index contributed by atoms with van der Waals surface area (Å²) in [6.45, 7) is -1.71. The van der Waals surface area contributed by atoms with Gasteiger partial charge >= 0.3 is 5.69 Å². The maximum atomic E-state index is 13.3. The molecule has 0 unspecified atom stereocenters. The molecule has 0 aliphatic heterocycles. The third kappa shape index (κ3) is 2.99. The first-order valence-electron chi connectivity index (χ1n) is 4.81. The third-order valence-corrected chi connectivity index (χ3v) is 2.24. The zero-order valence-corrected chi connectivity index (χ0v) is 9.27. The van der Waals surface area contributed by atoms with Gasteiger partial charge in [0.2, 0.25) is 11.7 Å². The highest BCUT2D eigenvalue weighted by Gasteiger charge is 2.45. The molecule has 19 heavy (non-hydrogen) atoms. The number of hydrogen-bond donors (Lipinski definition) is 2. The van der Waals surface area contributed by atoms with Gasteiger partial charge in [0.05, 0.1) is 4.92 Å². The van der Waals surface area contributed by atoms with Gasteiger partial charge in [-0.2, -0.15) is 4.39 Å². The van der Waals surface area contributed by atoms with Crippen LogP contribution >= 0.6 is 0 Å². The Morgan fingerprint density at radius 3 is 2.47 bits per heavy atom. The summed E-state index contributed by atoms with van der Waals surface area (Å²) in [7, 11) is 0. The molecule has 1 amide bonds. The highest BCUT2D eigenvalue weighted by Crippen LogP contribution is 2.34. The molecule has 1 radical (unpaired) electrons. The van der Waals surface area contributed by atoms with Crippen LogP contribution in [0.25, 0.3) is 0 Å². The van der Waals surface area contributed by atoms with E-state index >= 15 is 0 Å². The number of rotatable bonds is 5. The molecular weight excluding hydrogens is 269 g/mol. The number of carbonyl (C=O) groups is 1. The Morgan fingerprint density at radius 1 is 1.47 bits per heavy atom. The van der Waals surface area contributed by atoms with Gasteiger partial charge in [-0.1, -0.05) is 6.07 Å². The quantitative estimate of drug-likeness (QED) is 0.612. The van der Waals surface area contributed by atoms with Gasteiger partial charge in [-0.25, -0.2) is 8.78 Å². The summed E-state index contributed by atoms with van der Waals surface area (Å²) < 4.78 is 39.7. The molecule has 6 nitrogen and oxygen atoms in total. The van der Waals surface area contributed by atoms with Crippen LogP contribution in [0.4, 0.5) is 18.9 Å². The van der Waals surface area contributed by atoms with Crippen LogP contribution < -0.4 is 5.73 Å². The fourth-order valence-corrected chi connectivity index (χ4v) is 1.42. The Bertz CT molecular complexity index is 521. The summed E-state index contributed by atoms with van der Waals surface area (Å²) in [4.78, 5) is 20.4.